The van der Waals surface area contributed by atoms with E-state index in [2.05, 4.69) is 5.32 Å². The van der Waals surface area contributed by atoms with E-state index >= 15 is 0 Å². The van der Waals surface area contributed by atoms with E-state index in [0.29, 0.717) is 31.0 Å². The maximum atomic E-state index is 12.7. The standard InChI is InChI=1S/C17H23ClN2O3/c1-10-8-12(18)9-11(2)13(10)14-15(21)17(19-16(14)22)4-6-20(23-3)7-5-17/h8-9,14-15,21H,4-7H2,1-3H3,(H,19,22). The number of aliphatic hydroxyl groups is 1. The molecule has 0 aromatic heterocycles. The molecular formula is C17H23ClN2O3. The molecule has 2 unspecified atom stereocenters. The Morgan fingerprint density at radius 1 is 1.30 bits per heavy atom. The molecule has 0 bridgehead atoms. The Balaban J connectivity index is 1.93. The van der Waals surface area contributed by atoms with Crippen molar-refractivity contribution < 1.29 is 14.7 Å². The number of carbonyl (C=O) groups is 1. The first-order valence-corrected chi connectivity index (χ1v) is 8.31. The number of piperidine rings is 1. The molecule has 5 nitrogen and oxygen atoms in total. The Morgan fingerprint density at radius 3 is 2.39 bits per heavy atom. The molecule has 2 N–H and O–H groups in total. The Bertz CT molecular complexity index is 603. The van der Waals surface area contributed by atoms with Crippen LogP contribution in [0.15, 0.2) is 12.1 Å². The van der Waals surface area contributed by atoms with Crippen LogP contribution in [-0.4, -0.2) is 47.9 Å². The molecule has 1 amide bonds. The van der Waals surface area contributed by atoms with Gasteiger partial charge >= 0.3 is 0 Å². The van der Waals surface area contributed by atoms with Gasteiger partial charge in [-0.15, -0.1) is 0 Å². The lowest BCUT2D eigenvalue weighted by atomic mass is 9.78. The number of nitrogens with zero attached hydrogens (tertiary/aromatic N) is 1. The van der Waals surface area contributed by atoms with Gasteiger partial charge in [0, 0.05) is 18.1 Å². The maximum Gasteiger partial charge on any atom is 0.230 e. The summed E-state index contributed by atoms with van der Waals surface area (Å²) in [4.78, 5) is 17.9. The van der Waals surface area contributed by atoms with E-state index in [-0.39, 0.29) is 5.91 Å². The number of hydrogen-bond acceptors (Lipinski definition) is 4. The molecule has 2 fully saturated rings. The van der Waals surface area contributed by atoms with Gasteiger partial charge in [0.25, 0.3) is 0 Å². The zero-order valence-corrected chi connectivity index (χ0v) is 14.5. The summed E-state index contributed by atoms with van der Waals surface area (Å²) in [5.74, 6) is -0.641. The molecule has 0 radical (unpaired) electrons. The molecule has 2 heterocycles. The summed E-state index contributed by atoms with van der Waals surface area (Å²) in [6, 6.07) is 3.70. The lowest BCUT2D eigenvalue weighted by Crippen LogP contribution is -2.56. The molecule has 0 saturated carbocycles. The smallest absolute Gasteiger partial charge is 0.230 e. The minimum atomic E-state index is -0.743. The van der Waals surface area contributed by atoms with Gasteiger partial charge in [-0.3, -0.25) is 4.79 Å². The minimum Gasteiger partial charge on any atom is -0.389 e. The SMILES string of the molecule is CON1CCC2(CC1)NC(=O)C(c1c(C)cc(Cl)cc1C)C2O. The second kappa shape index (κ2) is 6.06. The predicted octanol–water partition coefficient (Wildman–Crippen LogP) is 1.93. The number of aryl methyl sites for hydroxylation is 2. The number of rotatable bonds is 2. The normalized spacial score (nSPS) is 27.4. The van der Waals surface area contributed by atoms with Crippen molar-refractivity contribution in [3.05, 3.63) is 33.8 Å². The van der Waals surface area contributed by atoms with Crippen molar-refractivity contribution in [2.75, 3.05) is 20.2 Å². The van der Waals surface area contributed by atoms with E-state index in [1.54, 1.807) is 7.11 Å². The van der Waals surface area contributed by atoms with Crippen LogP contribution < -0.4 is 5.32 Å². The van der Waals surface area contributed by atoms with Crippen LogP contribution in [0.5, 0.6) is 0 Å². The molecular weight excluding hydrogens is 316 g/mol. The van der Waals surface area contributed by atoms with Gasteiger partial charge in [-0.1, -0.05) is 11.6 Å². The van der Waals surface area contributed by atoms with E-state index in [4.69, 9.17) is 16.4 Å². The van der Waals surface area contributed by atoms with Crippen LogP contribution in [0.1, 0.15) is 35.4 Å². The third kappa shape index (κ3) is 2.76. The Labute approximate surface area is 141 Å². The van der Waals surface area contributed by atoms with Gasteiger partial charge in [0.2, 0.25) is 5.91 Å². The highest BCUT2D eigenvalue weighted by atomic mass is 35.5. The summed E-state index contributed by atoms with van der Waals surface area (Å²) < 4.78 is 0. The van der Waals surface area contributed by atoms with Crippen molar-refractivity contribution in [1.29, 1.82) is 0 Å². The molecule has 6 heteroatoms. The molecule has 23 heavy (non-hydrogen) atoms. The van der Waals surface area contributed by atoms with Crippen molar-refractivity contribution in [3.8, 4) is 0 Å². The fourth-order valence-electron chi connectivity index (χ4n) is 4.05. The number of amides is 1. The summed E-state index contributed by atoms with van der Waals surface area (Å²) in [5, 5.41) is 16.6. The zero-order valence-electron chi connectivity index (χ0n) is 13.7. The van der Waals surface area contributed by atoms with Crippen molar-refractivity contribution in [2.45, 2.75) is 44.2 Å². The molecule has 2 saturated heterocycles. The number of aliphatic hydroxyl groups excluding tert-OH is 1. The lowest BCUT2D eigenvalue weighted by molar-refractivity contribution is -0.158. The number of halogens is 1. The summed E-state index contributed by atoms with van der Waals surface area (Å²) in [6.45, 7) is 5.26. The van der Waals surface area contributed by atoms with Gasteiger partial charge in [0.05, 0.1) is 24.7 Å². The van der Waals surface area contributed by atoms with Gasteiger partial charge in [0.15, 0.2) is 0 Å². The highest BCUT2D eigenvalue weighted by Gasteiger charge is 2.54. The molecule has 1 aromatic carbocycles. The van der Waals surface area contributed by atoms with Crippen molar-refractivity contribution >= 4 is 17.5 Å². The second-order valence-corrected chi connectivity index (χ2v) is 7.07. The Kier molecular flexibility index (Phi) is 4.40. The fraction of sp³-hybridized carbons (Fsp3) is 0.588. The Morgan fingerprint density at radius 2 is 1.87 bits per heavy atom. The van der Waals surface area contributed by atoms with Crippen LogP contribution in [0.25, 0.3) is 0 Å². The highest BCUT2D eigenvalue weighted by Crippen LogP contribution is 2.42. The second-order valence-electron chi connectivity index (χ2n) is 6.63. The monoisotopic (exact) mass is 338 g/mol. The molecule has 2 atom stereocenters. The highest BCUT2D eigenvalue weighted by molar-refractivity contribution is 6.30. The van der Waals surface area contributed by atoms with Crippen molar-refractivity contribution in [1.82, 2.24) is 10.4 Å². The summed E-state index contributed by atoms with van der Waals surface area (Å²) >= 11 is 6.09. The zero-order chi connectivity index (χ0) is 16.8. The van der Waals surface area contributed by atoms with E-state index in [1.807, 2.05) is 31.0 Å². The van der Waals surface area contributed by atoms with Crippen LogP contribution in [0.3, 0.4) is 0 Å². The predicted molar refractivity (Wildman–Crippen MR) is 88.4 cm³/mol. The Hall–Kier alpha value is -1.14. The van der Waals surface area contributed by atoms with Gasteiger partial charge in [-0.05, 0) is 55.5 Å². The van der Waals surface area contributed by atoms with E-state index in [9.17, 15) is 9.90 Å². The van der Waals surface area contributed by atoms with Crippen LogP contribution in [-0.2, 0) is 9.63 Å². The van der Waals surface area contributed by atoms with Crippen molar-refractivity contribution in [3.63, 3.8) is 0 Å². The first kappa shape index (κ1) is 16.7. The van der Waals surface area contributed by atoms with Crippen molar-refractivity contribution in [2.24, 2.45) is 0 Å². The minimum absolute atomic E-state index is 0.100. The van der Waals surface area contributed by atoms with Gasteiger partial charge in [0.1, 0.15) is 0 Å². The largest absolute Gasteiger partial charge is 0.389 e. The number of hydroxylamine groups is 2. The average molecular weight is 339 g/mol. The van der Waals surface area contributed by atoms with E-state index in [1.165, 1.54) is 0 Å². The number of hydrogen-bond donors (Lipinski definition) is 2. The lowest BCUT2D eigenvalue weighted by Gasteiger charge is -2.40. The van der Waals surface area contributed by atoms with E-state index < -0.39 is 17.6 Å². The topological polar surface area (TPSA) is 61.8 Å². The molecule has 2 aliphatic rings. The molecule has 126 valence electrons. The van der Waals surface area contributed by atoms with E-state index in [0.717, 1.165) is 16.7 Å². The third-order valence-corrected chi connectivity index (χ3v) is 5.50. The van der Waals surface area contributed by atoms with Crippen LogP contribution in [0.4, 0.5) is 0 Å². The van der Waals surface area contributed by atoms with Crippen LogP contribution in [0.2, 0.25) is 5.02 Å². The number of nitrogens with one attached hydrogen (secondary N) is 1. The average Bonchev–Trinajstić information content (AvgIpc) is 2.72. The van der Waals surface area contributed by atoms with Crippen LogP contribution >= 0.6 is 11.6 Å². The maximum absolute atomic E-state index is 12.7. The first-order valence-electron chi connectivity index (χ1n) is 7.94. The van der Waals surface area contributed by atoms with Gasteiger partial charge in [-0.2, -0.15) is 5.06 Å². The molecule has 1 spiro atoms. The third-order valence-electron chi connectivity index (χ3n) is 5.28. The molecule has 3 rings (SSSR count). The molecule has 0 aliphatic carbocycles. The number of benzene rings is 1. The van der Waals surface area contributed by atoms with Gasteiger partial charge < -0.3 is 15.3 Å². The summed E-state index contributed by atoms with van der Waals surface area (Å²) in [5.41, 5.74) is 2.22. The van der Waals surface area contributed by atoms with Crippen LogP contribution in [0, 0.1) is 13.8 Å². The summed E-state index contributed by atoms with van der Waals surface area (Å²) in [6.07, 6.45) is 0.610. The molecule has 1 aromatic rings. The number of carbonyl (C=O) groups excluding carboxylic acids is 1. The fourth-order valence-corrected chi connectivity index (χ4v) is 4.38. The quantitative estimate of drug-likeness (QED) is 0.865. The summed E-state index contributed by atoms with van der Waals surface area (Å²) in [7, 11) is 1.64. The first-order chi connectivity index (χ1) is 10.9. The molecule has 2 aliphatic heterocycles. The van der Waals surface area contributed by atoms with Gasteiger partial charge in [-0.25, -0.2) is 0 Å².